The molecule has 1 aromatic heterocycles. The van der Waals surface area contributed by atoms with Gasteiger partial charge >= 0.3 is 0 Å². The molecule has 0 aliphatic carbocycles. The SMILES string of the molecule is O=C(NCc1cc2ccccc2o1)C1CCCN1C(=O)c1ccc(Br)cc1. The number of nitrogens with one attached hydrogen (secondary N) is 1. The van der Waals surface area contributed by atoms with Crippen molar-refractivity contribution in [2.24, 2.45) is 0 Å². The molecule has 1 aliphatic rings. The molecule has 2 amide bonds. The van der Waals surface area contributed by atoms with Gasteiger partial charge in [-0.05, 0) is 49.2 Å². The largest absolute Gasteiger partial charge is 0.459 e. The molecule has 1 aliphatic heterocycles. The van der Waals surface area contributed by atoms with Crippen LogP contribution in [0.25, 0.3) is 11.0 Å². The normalized spacial score (nSPS) is 16.6. The Balaban J connectivity index is 1.42. The molecule has 0 radical (unpaired) electrons. The van der Waals surface area contributed by atoms with Crippen LogP contribution in [0.2, 0.25) is 0 Å². The number of carbonyl (C=O) groups excluding carboxylic acids is 2. The number of hydrogen-bond donors (Lipinski definition) is 1. The molecule has 2 aromatic carbocycles. The maximum atomic E-state index is 12.8. The molecule has 5 nitrogen and oxygen atoms in total. The number of furan rings is 1. The third kappa shape index (κ3) is 3.76. The topological polar surface area (TPSA) is 62.6 Å². The molecule has 1 fully saturated rings. The number of halogens is 1. The lowest BCUT2D eigenvalue weighted by Crippen LogP contribution is -2.45. The molecule has 1 N–H and O–H groups in total. The number of nitrogens with zero attached hydrogens (tertiary/aromatic N) is 1. The molecule has 3 aromatic rings. The first-order valence-corrected chi connectivity index (χ1v) is 9.73. The number of amides is 2. The van der Waals surface area contributed by atoms with Gasteiger partial charge in [-0.2, -0.15) is 0 Å². The van der Waals surface area contributed by atoms with E-state index in [4.69, 9.17) is 4.42 Å². The van der Waals surface area contributed by atoms with Gasteiger partial charge in [0.05, 0.1) is 6.54 Å². The van der Waals surface area contributed by atoms with Crippen molar-refractivity contribution < 1.29 is 14.0 Å². The predicted molar refractivity (Wildman–Crippen MR) is 106 cm³/mol. The van der Waals surface area contributed by atoms with Crippen molar-refractivity contribution >= 4 is 38.7 Å². The number of carbonyl (C=O) groups is 2. The van der Waals surface area contributed by atoms with Gasteiger partial charge in [0.25, 0.3) is 5.91 Å². The van der Waals surface area contributed by atoms with E-state index in [1.165, 1.54) is 0 Å². The van der Waals surface area contributed by atoms with E-state index in [2.05, 4.69) is 21.2 Å². The third-order valence-corrected chi connectivity index (χ3v) is 5.35. The Morgan fingerprint density at radius 2 is 1.93 bits per heavy atom. The zero-order chi connectivity index (χ0) is 18.8. The van der Waals surface area contributed by atoms with Gasteiger partial charge in [-0.15, -0.1) is 0 Å². The number of fused-ring (bicyclic) bond motifs is 1. The quantitative estimate of drug-likeness (QED) is 0.682. The first-order valence-electron chi connectivity index (χ1n) is 8.93. The van der Waals surface area contributed by atoms with Crippen LogP contribution >= 0.6 is 15.9 Å². The summed E-state index contributed by atoms with van der Waals surface area (Å²) in [6, 6.07) is 16.4. The van der Waals surface area contributed by atoms with Gasteiger partial charge in [0.15, 0.2) is 0 Å². The fourth-order valence-corrected chi connectivity index (χ4v) is 3.72. The second-order valence-electron chi connectivity index (χ2n) is 6.63. The lowest BCUT2D eigenvalue weighted by Gasteiger charge is -2.24. The Kier molecular flexibility index (Phi) is 4.99. The Bertz CT molecular complexity index is 948. The number of rotatable bonds is 4. The van der Waals surface area contributed by atoms with Gasteiger partial charge in [-0.3, -0.25) is 9.59 Å². The fourth-order valence-electron chi connectivity index (χ4n) is 3.46. The molecule has 1 saturated heterocycles. The van der Waals surface area contributed by atoms with Crippen molar-refractivity contribution in [2.75, 3.05) is 6.54 Å². The van der Waals surface area contributed by atoms with E-state index < -0.39 is 6.04 Å². The lowest BCUT2D eigenvalue weighted by atomic mass is 10.1. The lowest BCUT2D eigenvalue weighted by molar-refractivity contribution is -0.125. The molecule has 1 atom stereocenters. The fraction of sp³-hybridized carbons (Fsp3) is 0.238. The minimum atomic E-state index is -0.439. The van der Waals surface area contributed by atoms with E-state index >= 15 is 0 Å². The minimum absolute atomic E-state index is 0.108. The van der Waals surface area contributed by atoms with Crippen LogP contribution in [-0.4, -0.2) is 29.3 Å². The van der Waals surface area contributed by atoms with Gasteiger partial charge in [0.2, 0.25) is 5.91 Å². The van der Waals surface area contributed by atoms with Crippen LogP contribution in [0, 0.1) is 0 Å². The van der Waals surface area contributed by atoms with Crippen LogP contribution in [-0.2, 0) is 11.3 Å². The highest BCUT2D eigenvalue weighted by Crippen LogP contribution is 2.22. The van der Waals surface area contributed by atoms with Crippen LogP contribution in [0.5, 0.6) is 0 Å². The molecule has 0 bridgehead atoms. The summed E-state index contributed by atoms with van der Waals surface area (Å²) in [7, 11) is 0. The number of para-hydroxylation sites is 1. The predicted octanol–water partition coefficient (Wildman–Crippen LogP) is 4.12. The molecule has 4 rings (SSSR count). The summed E-state index contributed by atoms with van der Waals surface area (Å²) in [6.45, 7) is 0.905. The van der Waals surface area contributed by atoms with Crippen LogP contribution in [0.1, 0.15) is 29.0 Å². The van der Waals surface area contributed by atoms with Gasteiger partial charge in [-0.1, -0.05) is 34.1 Å². The highest BCUT2D eigenvalue weighted by Gasteiger charge is 2.34. The van der Waals surface area contributed by atoms with E-state index in [1.807, 2.05) is 42.5 Å². The Hall–Kier alpha value is -2.60. The number of likely N-dealkylation sites (tertiary alicyclic amines) is 1. The molecular weight excluding hydrogens is 408 g/mol. The molecule has 2 heterocycles. The van der Waals surface area contributed by atoms with Gasteiger partial charge in [-0.25, -0.2) is 0 Å². The van der Waals surface area contributed by atoms with E-state index in [1.54, 1.807) is 17.0 Å². The summed E-state index contributed by atoms with van der Waals surface area (Å²) < 4.78 is 6.65. The summed E-state index contributed by atoms with van der Waals surface area (Å²) in [6.07, 6.45) is 1.50. The third-order valence-electron chi connectivity index (χ3n) is 4.82. The van der Waals surface area contributed by atoms with E-state index in [-0.39, 0.29) is 11.8 Å². The maximum absolute atomic E-state index is 12.8. The number of hydrogen-bond acceptors (Lipinski definition) is 3. The molecular formula is C21H19BrN2O3. The Morgan fingerprint density at radius 1 is 1.15 bits per heavy atom. The number of benzene rings is 2. The van der Waals surface area contributed by atoms with Crippen molar-refractivity contribution in [3.8, 4) is 0 Å². The van der Waals surface area contributed by atoms with Crippen molar-refractivity contribution in [3.05, 3.63) is 70.4 Å². The highest BCUT2D eigenvalue weighted by molar-refractivity contribution is 9.10. The standard InChI is InChI=1S/C21H19BrN2O3/c22-16-9-7-14(8-10-16)21(26)24-11-3-5-18(24)20(25)23-13-17-12-15-4-1-2-6-19(15)27-17/h1-2,4,6-10,12,18H,3,5,11,13H2,(H,23,25). The van der Waals surface area contributed by atoms with Crippen molar-refractivity contribution in [1.82, 2.24) is 10.2 Å². The van der Waals surface area contributed by atoms with Crippen LogP contribution < -0.4 is 5.32 Å². The van der Waals surface area contributed by atoms with Crippen LogP contribution in [0.4, 0.5) is 0 Å². The van der Waals surface area contributed by atoms with E-state index in [9.17, 15) is 9.59 Å². The Labute approximate surface area is 165 Å². The van der Waals surface area contributed by atoms with Gasteiger partial charge in [0, 0.05) is 22.0 Å². The molecule has 0 saturated carbocycles. The molecule has 0 spiro atoms. The van der Waals surface area contributed by atoms with Crippen LogP contribution in [0.3, 0.4) is 0 Å². The van der Waals surface area contributed by atoms with E-state index in [0.29, 0.717) is 30.8 Å². The van der Waals surface area contributed by atoms with Crippen LogP contribution in [0.15, 0.2) is 63.5 Å². The van der Waals surface area contributed by atoms with E-state index in [0.717, 1.165) is 21.9 Å². The highest BCUT2D eigenvalue weighted by atomic mass is 79.9. The van der Waals surface area contributed by atoms with Crippen molar-refractivity contribution in [3.63, 3.8) is 0 Å². The zero-order valence-electron chi connectivity index (χ0n) is 14.7. The molecule has 27 heavy (non-hydrogen) atoms. The first-order chi connectivity index (χ1) is 13.1. The maximum Gasteiger partial charge on any atom is 0.254 e. The van der Waals surface area contributed by atoms with Gasteiger partial charge < -0.3 is 14.6 Å². The summed E-state index contributed by atoms with van der Waals surface area (Å²) in [5, 5.41) is 3.92. The second-order valence-corrected chi connectivity index (χ2v) is 7.55. The van der Waals surface area contributed by atoms with Gasteiger partial charge in [0.1, 0.15) is 17.4 Å². The smallest absolute Gasteiger partial charge is 0.254 e. The Morgan fingerprint density at radius 3 is 2.70 bits per heavy atom. The monoisotopic (exact) mass is 426 g/mol. The first kappa shape index (κ1) is 17.8. The average Bonchev–Trinajstić information content (AvgIpc) is 3.33. The summed E-state index contributed by atoms with van der Waals surface area (Å²) in [4.78, 5) is 27.1. The van der Waals surface area contributed by atoms with Crippen molar-refractivity contribution in [2.45, 2.75) is 25.4 Å². The molecule has 6 heteroatoms. The summed E-state index contributed by atoms with van der Waals surface area (Å²) in [5.74, 6) is 0.454. The summed E-state index contributed by atoms with van der Waals surface area (Å²) in [5.41, 5.74) is 1.39. The molecule has 1 unspecified atom stereocenters. The molecule has 138 valence electrons. The second kappa shape index (κ2) is 7.56. The minimum Gasteiger partial charge on any atom is -0.459 e. The average molecular weight is 427 g/mol. The zero-order valence-corrected chi connectivity index (χ0v) is 16.2. The van der Waals surface area contributed by atoms with Crippen molar-refractivity contribution in [1.29, 1.82) is 0 Å². The summed E-state index contributed by atoms with van der Waals surface area (Å²) >= 11 is 3.37.